The third-order valence-electron chi connectivity index (χ3n) is 4.78. The first-order chi connectivity index (χ1) is 10.3. The second-order valence-electron chi connectivity index (χ2n) is 6.30. The first kappa shape index (κ1) is 14.6. The van der Waals surface area contributed by atoms with Gasteiger partial charge in [-0.15, -0.1) is 0 Å². The van der Waals surface area contributed by atoms with E-state index in [4.69, 9.17) is 4.74 Å². The van der Waals surface area contributed by atoms with Crippen molar-refractivity contribution in [2.45, 2.75) is 32.7 Å². The fourth-order valence-electron chi connectivity index (χ4n) is 3.53. The van der Waals surface area contributed by atoms with E-state index in [0.29, 0.717) is 0 Å². The van der Waals surface area contributed by atoms with Gasteiger partial charge in [-0.3, -0.25) is 4.90 Å². The summed E-state index contributed by atoms with van der Waals surface area (Å²) in [6.07, 6.45) is 3.86. The van der Waals surface area contributed by atoms with Crippen LogP contribution in [0.15, 0.2) is 24.3 Å². The summed E-state index contributed by atoms with van der Waals surface area (Å²) >= 11 is 0. The highest BCUT2D eigenvalue weighted by atomic mass is 16.5. The number of hydrogen-bond donors (Lipinski definition) is 1. The molecule has 2 heterocycles. The molecular formula is C18H26N2O. The molecule has 1 fully saturated rings. The minimum absolute atomic E-state index is 0.795. The Morgan fingerprint density at radius 2 is 2.19 bits per heavy atom. The molecule has 0 bridgehead atoms. The normalized spacial score (nSPS) is 20.2. The molecule has 114 valence electrons. The standard InChI is InChI=1S/C18H26N2O/c1-14-16-7-3-4-8-17(16)19-18(14)13-20-10-5-6-15(12-20)9-11-21-2/h3-4,7-8,15,19H,5-6,9-13H2,1-2H3/t15-/m0/s1. The third kappa shape index (κ3) is 3.30. The molecule has 3 nitrogen and oxygen atoms in total. The van der Waals surface area contributed by atoms with Crippen molar-refractivity contribution in [3.63, 3.8) is 0 Å². The highest BCUT2D eigenvalue weighted by molar-refractivity contribution is 5.84. The van der Waals surface area contributed by atoms with Crippen LogP contribution in [0.3, 0.4) is 0 Å². The zero-order chi connectivity index (χ0) is 14.7. The lowest BCUT2D eigenvalue weighted by Gasteiger charge is -2.32. The number of benzene rings is 1. The summed E-state index contributed by atoms with van der Waals surface area (Å²) in [5.74, 6) is 0.795. The van der Waals surface area contributed by atoms with E-state index in [-0.39, 0.29) is 0 Å². The summed E-state index contributed by atoms with van der Waals surface area (Å²) in [5.41, 5.74) is 4.05. The number of ether oxygens (including phenoxy) is 1. The minimum Gasteiger partial charge on any atom is -0.385 e. The number of aromatic amines is 1. The highest BCUT2D eigenvalue weighted by Crippen LogP contribution is 2.25. The molecule has 1 aromatic carbocycles. The average Bonchev–Trinajstić information content (AvgIpc) is 2.82. The number of nitrogens with zero attached hydrogens (tertiary/aromatic N) is 1. The van der Waals surface area contributed by atoms with E-state index in [1.165, 1.54) is 54.5 Å². The maximum Gasteiger partial charge on any atom is 0.0465 e. The summed E-state index contributed by atoms with van der Waals surface area (Å²) in [5, 5.41) is 1.36. The van der Waals surface area contributed by atoms with Gasteiger partial charge in [0, 0.05) is 43.4 Å². The van der Waals surface area contributed by atoms with Crippen molar-refractivity contribution in [2.75, 3.05) is 26.8 Å². The lowest BCUT2D eigenvalue weighted by molar-refractivity contribution is 0.122. The number of rotatable bonds is 5. The largest absolute Gasteiger partial charge is 0.385 e. The van der Waals surface area contributed by atoms with E-state index in [2.05, 4.69) is 41.1 Å². The SMILES string of the molecule is COCC[C@@H]1CCCN(Cc2[nH]c3ccccc3c2C)C1. The number of piperidine rings is 1. The number of aryl methyl sites for hydroxylation is 1. The summed E-state index contributed by atoms with van der Waals surface area (Å²) in [6.45, 7) is 6.60. The van der Waals surface area contributed by atoms with Crippen molar-refractivity contribution in [3.8, 4) is 0 Å². The van der Waals surface area contributed by atoms with E-state index in [0.717, 1.165) is 19.1 Å². The zero-order valence-electron chi connectivity index (χ0n) is 13.2. The number of fused-ring (bicyclic) bond motifs is 1. The topological polar surface area (TPSA) is 28.3 Å². The number of hydrogen-bond acceptors (Lipinski definition) is 2. The molecule has 0 aliphatic carbocycles. The summed E-state index contributed by atoms with van der Waals surface area (Å²) in [7, 11) is 1.80. The highest BCUT2D eigenvalue weighted by Gasteiger charge is 2.21. The van der Waals surface area contributed by atoms with Crippen LogP contribution in [0, 0.1) is 12.8 Å². The Morgan fingerprint density at radius 1 is 1.33 bits per heavy atom. The number of methoxy groups -OCH3 is 1. The molecule has 1 aliphatic rings. The van der Waals surface area contributed by atoms with Crippen LogP contribution in [0.1, 0.15) is 30.5 Å². The van der Waals surface area contributed by atoms with Crippen molar-refractivity contribution in [3.05, 3.63) is 35.5 Å². The molecule has 0 unspecified atom stereocenters. The first-order valence-electron chi connectivity index (χ1n) is 8.05. The lowest BCUT2D eigenvalue weighted by Crippen LogP contribution is -2.35. The number of para-hydroxylation sites is 1. The van der Waals surface area contributed by atoms with Crippen molar-refractivity contribution in [1.29, 1.82) is 0 Å². The van der Waals surface area contributed by atoms with Gasteiger partial charge in [0.05, 0.1) is 0 Å². The molecule has 2 aromatic rings. The zero-order valence-corrected chi connectivity index (χ0v) is 13.2. The Balaban J connectivity index is 1.68. The Labute approximate surface area is 127 Å². The Hall–Kier alpha value is -1.32. The predicted molar refractivity (Wildman–Crippen MR) is 87.5 cm³/mol. The van der Waals surface area contributed by atoms with Gasteiger partial charge in [-0.25, -0.2) is 0 Å². The quantitative estimate of drug-likeness (QED) is 0.907. The van der Waals surface area contributed by atoms with Crippen LogP contribution in [0.4, 0.5) is 0 Å². The first-order valence-corrected chi connectivity index (χ1v) is 8.05. The van der Waals surface area contributed by atoms with Gasteiger partial charge in [-0.05, 0) is 50.3 Å². The predicted octanol–water partition coefficient (Wildman–Crippen LogP) is 3.72. The molecule has 1 atom stereocenters. The average molecular weight is 286 g/mol. The smallest absolute Gasteiger partial charge is 0.0465 e. The van der Waals surface area contributed by atoms with Gasteiger partial charge in [0.1, 0.15) is 0 Å². The van der Waals surface area contributed by atoms with Crippen LogP contribution in [0.2, 0.25) is 0 Å². The molecule has 0 spiro atoms. The molecule has 3 rings (SSSR count). The van der Waals surface area contributed by atoms with E-state index >= 15 is 0 Å². The van der Waals surface area contributed by atoms with Crippen LogP contribution in [-0.2, 0) is 11.3 Å². The lowest BCUT2D eigenvalue weighted by atomic mass is 9.95. The summed E-state index contributed by atoms with van der Waals surface area (Å²) < 4.78 is 5.23. The molecular weight excluding hydrogens is 260 g/mol. The minimum atomic E-state index is 0.795. The van der Waals surface area contributed by atoms with E-state index in [1.54, 1.807) is 7.11 Å². The van der Waals surface area contributed by atoms with Crippen LogP contribution in [0.5, 0.6) is 0 Å². The van der Waals surface area contributed by atoms with Gasteiger partial charge in [0.2, 0.25) is 0 Å². The second-order valence-corrected chi connectivity index (χ2v) is 6.30. The maximum atomic E-state index is 5.23. The molecule has 0 radical (unpaired) electrons. The number of nitrogens with one attached hydrogen (secondary N) is 1. The van der Waals surface area contributed by atoms with Gasteiger partial charge in [-0.1, -0.05) is 18.2 Å². The third-order valence-corrected chi connectivity index (χ3v) is 4.78. The molecule has 0 amide bonds. The number of H-pyrrole nitrogens is 1. The van der Waals surface area contributed by atoms with Crippen LogP contribution < -0.4 is 0 Å². The summed E-state index contributed by atoms with van der Waals surface area (Å²) in [4.78, 5) is 6.20. The van der Waals surface area contributed by atoms with E-state index in [1.807, 2.05) is 0 Å². The molecule has 21 heavy (non-hydrogen) atoms. The van der Waals surface area contributed by atoms with Gasteiger partial charge in [-0.2, -0.15) is 0 Å². The van der Waals surface area contributed by atoms with Crippen molar-refractivity contribution in [1.82, 2.24) is 9.88 Å². The monoisotopic (exact) mass is 286 g/mol. The summed E-state index contributed by atoms with van der Waals surface area (Å²) in [6, 6.07) is 8.60. The molecule has 1 N–H and O–H groups in total. The molecule has 0 saturated carbocycles. The van der Waals surface area contributed by atoms with Gasteiger partial charge in [0.25, 0.3) is 0 Å². The fourth-order valence-corrected chi connectivity index (χ4v) is 3.53. The van der Waals surface area contributed by atoms with Crippen LogP contribution in [0.25, 0.3) is 10.9 Å². The van der Waals surface area contributed by atoms with E-state index in [9.17, 15) is 0 Å². The Morgan fingerprint density at radius 3 is 3.00 bits per heavy atom. The van der Waals surface area contributed by atoms with Crippen LogP contribution >= 0.6 is 0 Å². The van der Waals surface area contributed by atoms with E-state index < -0.39 is 0 Å². The molecule has 1 aromatic heterocycles. The number of likely N-dealkylation sites (tertiary alicyclic amines) is 1. The number of aromatic nitrogens is 1. The van der Waals surface area contributed by atoms with Gasteiger partial charge in [0.15, 0.2) is 0 Å². The molecule has 3 heteroatoms. The Bertz CT molecular complexity index is 590. The maximum absolute atomic E-state index is 5.23. The molecule has 1 aliphatic heterocycles. The molecule has 1 saturated heterocycles. The van der Waals surface area contributed by atoms with Crippen molar-refractivity contribution < 1.29 is 4.74 Å². The van der Waals surface area contributed by atoms with Gasteiger partial charge < -0.3 is 9.72 Å². The Kier molecular flexibility index (Phi) is 4.61. The van der Waals surface area contributed by atoms with Crippen molar-refractivity contribution in [2.24, 2.45) is 5.92 Å². The van der Waals surface area contributed by atoms with Gasteiger partial charge >= 0.3 is 0 Å². The van der Waals surface area contributed by atoms with Crippen LogP contribution in [-0.4, -0.2) is 36.7 Å². The fraction of sp³-hybridized carbons (Fsp3) is 0.556. The second kappa shape index (κ2) is 6.63. The van der Waals surface area contributed by atoms with Crippen molar-refractivity contribution >= 4 is 10.9 Å².